The quantitative estimate of drug-likeness (QED) is 0.144. The van der Waals surface area contributed by atoms with Crippen LogP contribution in [-0.2, 0) is 30.4 Å². The summed E-state index contributed by atoms with van der Waals surface area (Å²) < 4.78 is 0. The lowest BCUT2D eigenvalue weighted by Crippen LogP contribution is -2.56. The molecular weight excluding hydrogens is 454 g/mol. The van der Waals surface area contributed by atoms with Crippen LogP contribution >= 0.6 is 11.8 Å². The highest BCUT2D eigenvalue weighted by molar-refractivity contribution is 7.98. The molecule has 4 unspecified atom stereocenters. The molecule has 0 aliphatic rings. The smallest absolute Gasteiger partial charge is 0.326 e. The molecule has 0 saturated carbocycles. The van der Waals surface area contributed by atoms with Crippen LogP contribution in [0.2, 0.25) is 0 Å². The Balaban J connectivity index is 2.71. The summed E-state index contributed by atoms with van der Waals surface area (Å²) in [6.07, 6.45) is 4.82. The van der Waals surface area contributed by atoms with Crippen LogP contribution in [-0.4, -0.2) is 80.8 Å². The Bertz CT molecular complexity index is 820. The first-order valence-corrected chi connectivity index (χ1v) is 11.6. The van der Waals surface area contributed by atoms with Gasteiger partial charge in [0.1, 0.15) is 18.1 Å². The fourth-order valence-electron chi connectivity index (χ4n) is 2.73. The van der Waals surface area contributed by atoms with Crippen molar-refractivity contribution in [2.75, 3.05) is 12.0 Å². The number of aromatic amines is 1. The number of hydrogen-bond donors (Lipinski definition) is 7. The van der Waals surface area contributed by atoms with Crippen molar-refractivity contribution < 1.29 is 29.1 Å². The van der Waals surface area contributed by atoms with Crippen LogP contribution in [0.4, 0.5) is 0 Å². The van der Waals surface area contributed by atoms with Gasteiger partial charge in [0.05, 0.1) is 12.4 Å². The summed E-state index contributed by atoms with van der Waals surface area (Å²) in [6, 6.07) is -4.30. The molecule has 0 radical (unpaired) electrons. The van der Waals surface area contributed by atoms with Crippen molar-refractivity contribution >= 4 is 41.4 Å². The zero-order chi connectivity index (χ0) is 25.0. The predicted molar refractivity (Wildman–Crippen MR) is 121 cm³/mol. The van der Waals surface area contributed by atoms with Gasteiger partial charge in [-0.05, 0) is 31.8 Å². The van der Waals surface area contributed by atoms with Crippen LogP contribution in [0.3, 0.4) is 0 Å². The van der Waals surface area contributed by atoms with Crippen LogP contribution in [0.1, 0.15) is 31.9 Å². The second-order valence-electron chi connectivity index (χ2n) is 7.36. The molecule has 1 aromatic heterocycles. The highest BCUT2D eigenvalue weighted by Gasteiger charge is 2.28. The molecule has 0 fully saturated rings. The summed E-state index contributed by atoms with van der Waals surface area (Å²) in [7, 11) is 0. The van der Waals surface area contributed by atoms with Crippen molar-refractivity contribution in [3.05, 3.63) is 18.2 Å². The van der Waals surface area contributed by atoms with Gasteiger partial charge < -0.3 is 37.5 Å². The van der Waals surface area contributed by atoms with E-state index in [0.717, 1.165) is 0 Å². The molecule has 0 aromatic carbocycles. The largest absolute Gasteiger partial charge is 0.480 e. The normalized spacial score (nSPS) is 14.4. The molecule has 4 atom stereocenters. The number of hydrogen-bond acceptors (Lipinski definition) is 8. The molecule has 9 N–H and O–H groups in total. The van der Waals surface area contributed by atoms with E-state index in [1.807, 2.05) is 6.26 Å². The van der Waals surface area contributed by atoms with E-state index < -0.39 is 53.8 Å². The minimum Gasteiger partial charge on any atom is -0.480 e. The average Bonchev–Trinajstić information content (AvgIpc) is 3.26. The number of thioether (sulfide) groups is 1. The Labute approximate surface area is 195 Å². The lowest BCUT2D eigenvalue weighted by atomic mass is 10.1. The molecule has 0 aliphatic carbocycles. The monoisotopic (exact) mass is 485 g/mol. The van der Waals surface area contributed by atoms with Crippen molar-refractivity contribution in [2.24, 2.45) is 11.5 Å². The molecule has 184 valence electrons. The summed E-state index contributed by atoms with van der Waals surface area (Å²) in [5, 5.41) is 16.6. The van der Waals surface area contributed by atoms with Gasteiger partial charge in [-0.25, -0.2) is 9.78 Å². The first-order chi connectivity index (χ1) is 15.5. The van der Waals surface area contributed by atoms with Gasteiger partial charge in [0, 0.05) is 24.7 Å². The highest BCUT2D eigenvalue weighted by Crippen LogP contribution is 2.05. The van der Waals surface area contributed by atoms with Crippen molar-refractivity contribution in [2.45, 2.75) is 56.8 Å². The third-order valence-corrected chi connectivity index (χ3v) is 5.27. The van der Waals surface area contributed by atoms with Gasteiger partial charge in [-0.1, -0.05) is 0 Å². The second kappa shape index (κ2) is 14.1. The maximum absolute atomic E-state index is 12.6. The van der Waals surface area contributed by atoms with Crippen LogP contribution < -0.4 is 27.4 Å². The van der Waals surface area contributed by atoms with Crippen LogP contribution in [0, 0.1) is 0 Å². The van der Waals surface area contributed by atoms with E-state index in [0.29, 0.717) is 11.4 Å². The fraction of sp³-hybridized carbons (Fsp3) is 0.579. The number of H-pyrrole nitrogens is 1. The van der Waals surface area contributed by atoms with Gasteiger partial charge >= 0.3 is 5.97 Å². The van der Waals surface area contributed by atoms with Gasteiger partial charge in [0.2, 0.25) is 23.6 Å². The number of nitrogens with zero attached hydrogens (tertiary/aromatic N) is 1. The molecule has 33 heavy (non-hydrogen) atoms. The highest BCUT2D eigenvalue weighted by atomic mass is 32.2. The standard InChI is InChI=1S/C19H31N7O6S/c1-10(24-17(29)12(20)7-11-8-22-9-23-11)16(28)25-13(5-6-33-2)18(30)26-14(19(31)32)3-4-15(21)27/h8-10,12-14H,3-7,20H2,1-2H3,(H2,21,27)(H,22,23)(H,24,29)(H,25,28)(H,26,30)(H,31,32). The molecule has 13 nitrogen and oxygen atoms in total. The number of carboxylic acid groups (broad SMARTS) is 1. The molecule has 0 spiro atoms. The number of amides is 4. The summed E-state index contributed by atoms with van der Waals surface area (Å²) >= 11 is 1.44. The fourth-order valence-corrected chi connectivity index (χ4v) is 3.20. The molecule has 1 aromatic rings. The Hall–Kier alpha value is -3.13. The van der Waals surface area contributed by atoms with Crippen LogP contribution in [0.25, 0.3) is 0 Å². The SMILES string of the molecule is CSCCC(NC(=O)C(C)NC(=O)C(N)Cc1cnc[nH]1)C(=O)NC(CCC(N)=O)C(=O)O. The number of nitrogens with two attached hydrogens (primary N) is 2. The second-order valence-corrected chi connectivity index (χ2v) is 8.35. The number of aromatic nitrogens is 2. The number of carboxylic acids is 1. The zero-order valence-electron chi connectivity index (χ0n) is 18.5. The van der Waals surface area contributed by atoms with Gasteiger partial charge in [0.15, 0.2) is 0 Å². The van der Waals surface area contributed by atoms with Crippen molar-refractivity contribution in [3.8, 4) is 0 Å². The molecule has 4 amide bonds. The molecule has 14 heteroatoms. The third-order valence-electron chi connectivity index (χ3n) is 4.62. The van der Waals surface area contributed by atoms with Gasteiger partial charge in [-0.2, -0.15) is 11.8 Å². The number of aliphatic carboxylic acids is 1. The van der Waals surface area contributed by atoms with E-state index in [1.54, 1.807) is 0 Å². The number of carbonyl (C=O) groups is 5. The number of primary amides is 1. The zero-order valence-corrected chi connectivity index (χ0v) is 19.3. The predicted octanol–water partition coefficient (Wildman–Crippen LogP) is -2.14. The van der Waals surface area contributed by atoms with E-state index in [1.165, 1.54) is 31.2 Å². The Morgan fingerprint density at radius 3 is 2.30 bits per heavy atom. The lowest BCUT2D eigenvalue weighted by Gasteiger charge is -2.23. The van der Waals surface area contributed by atoms with Crippen molar-refractivity contribution in [3.63, 3.8) is 0 Å². The topological polar surface area (TPSA) is 222 Å². The number of carbonyl (C=O) groups excluding carboxylic acids is 4. The number of nitrogens with one attached hydrogen (secondary N) is 4. The van der Waals surface area contributed by atoms with Gasteiger partial charge in [-0.3, -0.25) is 19.2 Å². The van der Waals surface area contributed by atoms with Gasteiger partial charge in [-0.15, -0.1) is 0 Å². The first-order valence-electron chi connectivity index (χ1n) is 10.2. The molecule has 0 aliphatic heterocycles. The molecule has 0 saturated heterocycles. The summed E-state index contributed by atoms with van der Waals surface area (Å²) in [6.45, 7) is 1.44. The maximum atomic E-state index is 12.6. The van der Waals surface area contributed by atoms with E-state index in [4.69, 9.17) is 11.5 Å². The van der Waals surface area contributed by atoms with Crippen molar-refractivity contribution in [1.29, 1.82) is 0 Å². The Morgan fingerprint density at radius 2 is 1.76 bits per heavy atom. The minimum absolute atomic E-state index is 0.180. The van der Waals surface area contributed by atoms with Crippen LogP contribution in [0.15, 0.2) is 12.5 Å². The lowest BCUT2D eigenvalue weighted by molar-refractivity contribution is -0.142. The molecule has 0 bridgehead atoms. The van der Waals surface area contributed by atoms with Crippen molar-refractivity contribution in [1.82, 2.24) is 25.9 Å². The van der Waals surface area contributed by atoms with E-state index in [-0.39, 0.29) is 25.7 Å². The summed E-state index contributed by atoms with van der Waals surface area (Å²) in [5.41, 5.74) is 11.6. The maximum Gasteiger partial charge on any atom is 0.326 e. The number of imidazole rings is 1. The average molecular weight is 486 g/mol. The Morgan fingerprint density at radius 1 is 1.09 bits per heavy atom. The van der Waals surface area contributed by atoms with Gasteiger partial charge in [0.25, 0.3) is 0 Å². The molecular formula is C19H31N7O6S. The summed E-state index contributed by atoms with van der Waals surface area (Å²) in [4.78, 5) is 66.5. The Kier molecular flexibility index (Phi) is 11.9. The molecule has 1 rings (SSSR count). The minimum atomic E-state index is -1.34. The van der Waals surface area contributed by atoms with E-state index >= 15 is 0 Å². The summed E-state index contributed by atoms with van der Waals surface area (Å²) in [5.74, 6) is -3.43. The van der Waals surface area contributed by atoms with Crippen LogP contribution in [0.5, 0.6) is 0 Å². The molecule has 1 heterocycles. The third kappa shape index (κ3) is 10.4. The van der Waals surface area contributed by atoms with E-state index in [9.17, 15) is 29.1 Å². The first kappa shape index (κ1) is 27.9. The van der Waals surface area contributed by atoms with E-state index in [2.05, 4.69) is 25.9 Å². The number of rotatable bonds is 15.